The molecule has 2 aromatic carbocycles. The fraction of sp³-hybridized carbons (Fsp3) is 0.300. The smallest absolute Gasteiger partial charge is 0.185 e. The lowest BCUT2D eigenvalue weighted by Gasteiger charge is -2.13. The molecule has 140 valence electrons. The third kappa shape index (κ3) is 4.64. The van der Waals surface area contributed by atoms with Gasteiger partial charge < -0.3 is 10.2 Å². The minimum Gasteiger partial charge on any atom is -0.376 e. The molecule has 0 unspecified atom stereocenters. The maximum atomic E-state index is 14.2. The van der Waals surface area contributed by atoms with Gasteiger partial charge in [0.05, 0.1) is 25.2 Å². The molecule has 2 rings (SSSR count). The van der Waals surface area contributed by atoms with Crippen molar-refractivity contribution in [2.24, 2.45) is 0 Å². The first kappa shape index (κ1) is 20.0. The highest BCUT2D eigenvalue weighted by molar-refractivity contribution is 5.59. The van der Waals surface area contributed by atoms with E-state index in [2.05, 4.69) is 5.32 Å². The van der Waals surface area contributed by atoms with Crippen molar-refractivity contribution in [3.05, 3.63) is 70.8 Å². The fourth-order valence-corrected chi connectivity index (χ4v) is 2.62. The zero-order chi connectivity index (χ0) is 19.1. The maximum Gasteiger partial charge on any atom is 0.185 e. The molecule has 0 atom stereocenters. The topological polar surface area (TPSA) is 16.5 Å². The van der Waals surface area contributed by atoms with Gasteiger partial charge in [0, 0.05) is 6.54 Å². The Morgan fingerprint density at radius 1 is 0.885 bits per heavy atom. The van der Waals surface area contributed by atoms with Crippen LogP contribution in [-0.2, 0) is 6.54 Å². The van der Waals surface area contributed by atoms with Gasteiger partial charge in [-0.3, -0.25) is 0 Å². The number of likely N-dealkylation sites (N-methyl/N-ethyl adjacent to an activating group) is 1. The van der Waals surface area contributed by atoms with E-state index in [0.29, 0.717) is 6.54 Å². The number of nitrogens with one attached hydrogen (secondary N) is 2. The summed E-state index contributed by atoms with van der Waals surface area (Å²) in [7, 11) is 0. The summed E-state index contributed by atoms with van der Waals surface area (Å²) < 4.78 is 57.0. The predicted molar refractivity (Wildman–Crippen MR) is 96.0 cm³/mol. The highest BCUT2D eigenvalue weighted by Gasteiger charge is 2.24. The van der Waals surface area contributed by atoms with E-state index in [-0.39, 0.29) is 6.54 Å². The quantitative estimate of drug-likeness (QED) is 0.536. The van der Waals surface area contributed by atoms with Crippen molar-refractivity contribution in [1.82, 2.24) is 0 Å². The number of quaternary nitrogens is 1. The number of anilines is 1. The molecule has 0 amide bonds. The molecule has 0 fully saturated rings. The van der Waals surface area contributed by atoms with Crippen molar-refractivity contribution in [3.63, 3.8) is 0 Å². The van der Waals surface area contributed by atoms with Crippen LogP contribution in [0.25, 0.3) is 6.08 Å². The van der Waals surface area contributed by atoms with Crippen LogP contribution in [0.4, 0.5) is 23.2 Å². The Labute approximate surface area is 151 Å². The first-order valence-corrected chi connectivity index (χ1v) is 8.63. The van der Waals surface area contributed by atoms with Gasteiger partial charge in [-0.05, 0) is 31.6 Å². The minimum atomic E-state index is -1.42. The molecule has 2 aromatic rings. The maximum absolute atomic E-state index is 14.2. The number of benzene rings is 2. The Balaban J connectivity index is 2.24. The zero-order valence-electron chi connectivity index (χ0n) is 14.9. The van der Waals surface area contributed by atoms with E-state index in [1.54, 1.807) is 30.3 Å². The summed E-state index contributed by atoms with van der Waals surface area (Å²) in [6.45, 7) is 6.23. The van der Waals surface area contributed by atoms with Gasteiger partial charge in [-0.25, -0.2) is 17.6 Å². The Hall–Kier alpha value is -2.34. The van der Waals surface area contributed by atoms with Crippen molar-refractivity contribution in [3.8, 4) is 0 Å². The van der Waals surface area contributed by atoms with E-state index in [4.69, 9.17) is 0 Å². The van der Waals surface area contributed by atoms with Gasteiger partial charge in [0.2, 0.25) is 0 Å². The summed E-state index contributed by atoms with van der Waals surface area (Å²) in [5.41, 5.74) is -0.759. The van der Waals surface area contributed by atoms with Crippen molar-refractivity contribution < 1.29 is 22.5 Å². The molecule has 0 aliphatic heterocycles. The van der Waals surface area contributed by atoms with Crippen LogP contribution in [0.5, 0.6) is 0 Å². The van der Waals surface area contributed by atoms with Crippen LogP contribution >= 0.6 is 0 Å². The second kappa shape index (κ2) is 9.38. The van der Waals surface area contributed by atoms with E-state index in [1.807, 2.05) is 13.8 Å². The monoisotopic (exact) mass is 367 g/mol. The fourth-order valence-electron chi connectivity index (χ4n) is 2.62. The van der Waals surface area contributed by atoms with E-state index in [9.17, 15) is 17.6 Å². The van der Waals surface area contributed by atoms with Crippen LogP contribution < -0.4 is 10.2 Å². The van der Waals surface area contributed by atoms with E-state index in [1.165, 1.54) is 11.0 Å². The first-order valence-electron chi connectivity index (χ1n) is 8.63. The number of rotatable bonds is 8. The summed E-state index contributed by atoms with van der Waals surface area (Å²) in [6.07, 6.45) is 2.63. The van der Waals surface area contributed by atoms with E-state index >= 15 is 0 Å². The lowest BCUT2D eigenvalue weighted by atomic mass is 10.1. The van der Waals surface area contributed by atoms with Crippen LogP contribution in [0.3, 0.4) is 0 Å². The average Bonchev–Trinajstić information content (AvgIpc) is 2.67. The summed E-state index contributed by atoms with van der Waals surface area (Å²) in [6, 6.07) is 8.79. The van der Waals surface area contributed by atoms with Gasteiger partial charge >= 0.3 is 0 Å². The molecule has 0 heterocycles. The third-order valence-electron chi connectivity index (χ3n) is 4.30. The summed E-state index contributed by atoms with van der Waals surface area (Å²) in [4.78, 5) is 1.18. The molecule has 0 aliphatic carbocycles. The summed E-state index contributed by atoms with van der Waals surface area (Å²) in [5, 5.41) is 2.44. The van der Waals surface area contributed by atoms with Crippen LogP contribution in [0.2, 0.25) is 0 Å². The molecule has 0 aliphatic rings. The molecule has 0 radical (unpaired) electrons. The summed E-state index contributed by atoms with van der Waals surface area (Å²) in [5.74, 6) is -5.64. The van der Waals surface area contributed by atoms with Crippen LogP contribution in [0.15, 0.2) is 36.4 Å². The molecule has 0 bridgehead atoms. The number of halogens is 4. The second-order valence-electron chi connectivity index (χ2n) is 5.95. The van der Waals surface area contributed by atoms with Gasteiger partial charge in [0.1, 0.15) is 5.69 Å². The van der Waals surface area contributed by atoms with Gasteiger partial charge in [-0.1, -0.05) is 30.3 Å². The molecule has 2 N–H and O–H groups in total. The van der Waals surface area contributed by atoms with Crippen LogP contribution in [0, 0.1) is 23.3 Å². The third-order valence-corrected chi connectivity index (χ3v) is 4.30. The van der Waals surface area contributed by atoms with Gasteiger partial charge in [-0.2, -0.15) is 0 Å². The molecule has 6 heteroatoms. The largest absolute Gasteiger partial charge is 0.376 e. The molecular weight excluding hydrogens is 344 g/mol. The number of hydrogen-bond donors (Lipinski definition) is 2. The molecule has 2 nitrogen and oxygen atoms in total. The van der Waals surface area contributed by atoms with E-state index < -0.39 is 34.5 Å². The molecule has 0 saturated carbocycles. The first-order chi connectivity index (χ1) is 12.5. The molecule has 0 aromatic heterocycles. The second-order valence-corrected chi connectivity index (χ2v) is 5.95. The standard InChI is InChI=1S/C20H22F4N2/c1-3-26(4-2)12-8-11-15-16(21)18(23)20(19(24)17(15)22)25-13-14-9-6-5-7-10-14/h5-11,25H,3-4,12-13H2,1-2H3/p+1/b11-8+. The highest BCUT2D eigenvalue weighted by Crippen LogP contribution is 2.29. The molecule has 0 saturated heterocycles. The van der Waals surface area contributed by atoms with Crippen molar-refractivity contribution in [2.75, 3.05) is 25.0 Å². The van der Waals surface area contributed by atoms with Crippen molar-refractivity contribution in [2.45, 2.75) is 20.4 Å². The minimum absolute atomic E-state index is 0.0497. The number of hydrogen-bond acceptors (Lipinski definition) is 1. The van der Waals surface area contributed by atoms with Crippen LogP contribution in [0.1, 0.15) is 25.0 Å². The lowest BCUT2D eigenvalue weighted by molar-refractivity contribution is -0.890. The average molecular weight is 367 g/mol. The van der Waals surface area contributed by atoms with Crippen molar-refractivity contribution >= 4 is 11.8 Å². The van der Waals surface area contributed by atoms with Gasteiger partial charge in [0.15, 0.2) is 23.3 Å². The zero-order valence-corrected chi connectivity index (χ0v) is 14.9. The SMILES string of the molecule is CC[NH+](CC)C/C=C/c1c(F)c(F)c(NCc2ccccc2)c(F)c1F. The Morgan fingerprint density at radius 2 is 1.46 bits per heavy atom. The van der Waals surface area contributed by atoms with E-state index in [0.717, 1.165) is 24.7 Å². The molecule has 0 spiro atoms. The summed E-state index contributed by atoms with van der Waals surface area (Å²) >= 11 is 0. The predicted octanol–water partition coefficient (Wildman–Crippen LogP) is 3.79. The molecular formula is C20H23F4N2+. The molecule has 26 heavy (non-hydrogen) atoms. The van der Waals surface area contributed by atoms with Gasteiger partial charge in [0.25, 0.3) is 0 Å². The normalized spacial score (nSPS) is 11.5. The Bertz CT molecular complexity index is 727. The Kier molecular flexibility index (Phi) is 7.21. The highest BCUT2D eigenvalue weighted by atomic mass is 19.2. The Morgan fingerprint density at radius 3 is 2.00 bits per heavy atom. The van der Waals surface area contributed by atoms with Crippen LogP contribution in [-0.4, -0.2) is 19.6 Å². The van der Waals surface area contributed by atoms with Crippen molar-refractivity contribution in [1.29, 1.82) is 0 Å². The van der Waals surface area contributed by atoms with Gasteiger partial charge in [-0.15, -0.1) is 0 Å². The lowest BCUT2D eigenvalue weighted by Crippen LogP contribution is -3.11.